The molecule has 0 radical (unpaired) electrons. The summed E-state index contributed by atoms with van der Waals surface area (Å²) in [7, 11) is 0. The van der Waals surface area contributed by atoms with Crippen molar-refractivity contribution in [2.75, 3.05) is 24.6 Å². The molecule has 2 fully saturated rings. The highest BCUT2D eigenvalue weighted by Gasteiger charge is 2.52. The van der Waals surface area contributed by atoms with Crippen molar-refractivity contribution in [1.82, 2.24) is 0 Å². The molecule has 1 heterocycles. The quantitative estimate of drug-likeness (QED) is 0.658. The highest BCUT2D eigenvalue weighted by Crippen LogP contribution is 2.46. The van der Waals surface area contributed by atoms with E-state index in [-0.39, 0.29) is 11.4 Å². The number of nitrogens with zero attached hydrogens (tertiary/aromatic N) is 2. The van der Waals surface area contributed by atoms with Crippen molar-refractivity contribution in [3.05, 3.63) is 28.3 Å². The van der Waals surface area contributed by atoms with E-state index < -0.39 is 10.5 Å². The molecule has 0 spiro atoms. The van der Waals surface area contributed by atoms with Crippen molar-refractivity contribution >= 4 is 11.4 Å². The summed E-state index contributed by atoms with van der Waals surface area (Å²) in [6.07, 6.45) is 2.21. The molecule has 0 unspecified atom stereocenters. The van der Waals surface area contributed by atoms with Crippen LogP contribution in [0.25, 0.3) is 0 Å². The molecule has 1 aliphatic heterocycles. The van der Waals surface area contributed by atoms with Crippen LogP contribution in [0.2, 0.25) is 0 Å². The Bertz CT molecular complexity index is 536. The van der Waals surface area contributed by atoms with Gasteiger partial charge in [-0.05, 0) is 31.7 Å². The van der Waals surface area contributed by atoms with Crippen LogP contribution >= 0.6 is 0 Å². The fourth-order valence-electron chi connectivity index (χ4n) is 2.80. The van der Waals surface area contributed by atoms with Crippen molar-refractivity contribution in [3.8, 4) is 5.75 Å². The minimum Gasteiger partial charge on any atom is -0.487 e. The van der Waals surface area contributed by atoms with E-state index in [1.165, 1.54) is 6.07 Å². The Hall–Kier alpha value is -1.82. The lowest BCUT2D eigenvalue weighted by atomic mass is 9.88. The number of aliphatic hydroxyl groups is 1. The van der Waals surface area contributed by atoms with E-state index in [1.54, 1.807) is 19.1 Å². The van der Waals surface area contributed by atoms with Gasteiger partial charge in [-0.3, -0.25) is 10.1 Å². The van der Waals surface area contributed by atoms with Gasteiger partial charge in [0.2, 0.25) is 0 Å². The van der Waals surface area contributed by atoms with Gasteiger partial charge in [0, 0.05) is 30.9 Å². The first kappa shape index (κ1) is 13.2. The first-order chi connectivity index (χ1) is 9.53. The van der Waals surface area contributed by atoms with Gasteiger partial charge in [0.25, 0.3) is 0 Å². The second kappa shape index (κ2) is 4.63. The highest BCUT2D eigenvalue weighted by atomic mass is 16.6. The van der Waals surface area contributed by atoms with E-state index >= 15 is 0 Å². The zero-order valence-electron chi connectivity index (χ0n) is 11.4. The molecule has 1 saturated heterocycles. The van der Waals surface area contributed by atoms with Crippen molar-refractivity contribution in [2.45, 2.75) is 25.4 Å². The fraction of sp³-hybridized carbons (Fsp3) is 0.571. The zero-order chi connectivity index (χ0) is 14.3. The third kappa shape index (κ3) is 2.20. The topological polar surface area (TPSA) is 75.8 Å². The second-order valence-electron chi connectivity index (χ2n) is 5.58. The molecule has 0 bridgehead atoms. The van der Waals surface area contributed by atoms with Crippen molar-refractivity contribution in [1.29, 1.82) is 0 Å². The monoisotopic (exact) mass is 278 g/mol. The molecule has 1 saturated carbocycles. The van der Waals surface area contributed by atoms with Crippen molar-refractivity contribution in [3.63, 3.8) is 0 Å². The average molecular weight is 278 g/mol. The lowest BCUT2D eigenvalue weighted by Gasteiger charge is -2.48. The largest absolute Gasteiger partial charge is 0.487 e. The van der Waals surface area contributed by atoms with E-state index in [9.17, 15) is 15.2 Å². The third-order valence-corrected chi connectivity index (χ3v) is 4.07. The van der Waals surface area contributed by atoms with Crippen LogP contribution in [0, 0.1) is 16.0 Å². The van der Waals surface area contributed by atoms with Crippen molar-refractivity contribution < 1.29 is 14.8 Å². The maximum Gasteiger partial charge on any atom is 0.311 e. The van der Waals surface area contributed by atoms with Gasteiger partial charge in [0.1, 0.15) is 5.60 Å². The van der Waals surface area contributed by atoms with Gasteiger partial charge >= 0.3 is 5.69 Å². The van der Waals surface area contributed by atoms with E-state index in [0.717, 1.165) is 18.5 Å². The molecule has 108 valence electrons. The molecule has 1 aromatic rings. The summed E-state index contributed by atoms with van der Waals surface area (Å²) in [5.74, 6) is 0.722. The van der Waals surface area contributed by atoms with Crippen LogP contribution in [0.4, 0.5) is 11.4 Å². The first-order valence-electron chi connectivity index (χ1n) is 6.92. The number of hydrogen-bond donors (Lipinski definition) is 1. The smallest absolute Gasteiger partial charge is 0.311 e. The maximum absolute atomic E-state index is 10.9. The number of hydrogen-bond acceptors (Lipinski definition) is 5. The standard InChI is InChI=1S/C14H18N2O4/c1-2-20-13-7-11(5-6-12(13)16(18)19)15-8-14(17,9-15)10-3-4-10/h5-7,10,17H,2-4,8-9H2,1H3. The van der Waals surface area contributed by atoms with E-state index in [2.05, 4.69) is 0 Å². The van der Waals surface area contributed by atoms with Gasteiger partial charge in [-0.2, -0.15) is 0 Å². The van der Waals surface area contributed by atoms with Crippen LogP contribution in [-0.4, -0.2) is 35.3 Å². The maximum atomic E-state index is 10.9. The molecule has 0 atom stereocenters. The number of benzene rings is 1. The molecular formula is C14H18N2O4. The molecule has 1 aliphatic carbocycles. The Morgan fingerprint density at radius 3 is 2.75 bits per heavy atom. The summed E-state index contributed by atoms with van der Waals surface area (Å²) >= 11 is 0. The number of ether oxygens (including phenoxy) is 1. The summed E-state index contributed by atoms with van der Waals surface area (Å²) in [6.45, 7) is 3.38. The SMILES string of the molecule is CCOc1cc(N2CC(O)(C3CC3)C2)ccc1[N+](=O)[O-]. The fourth-order valence-corrected chi connectivity index (χ4v) is 2.80. The Morgan fingerprint density at radius 2 is 2.20 bits per heavy atom. The Kier molecular flexibility index (Phi) is 3.05. The van der Waals surface area contributed by atoms with Crippen LogP contribution in [-0.2, 0) is 0 Å². The number of anilines is 1. The van der Waals surface area contributed by atoms with E-state index in [4.69, 9.17) is 4.74 Å². The van der Waals surface area contributed by atoms with E-state index in [0.29, 0.717) is 25.6 Å². The van der Waals surface area contributed by atoms with Crippen LogP contribution in [0.5, 0.6) is 5.75 Å². The summed E-state index contributed by atoms with van der Waals surface area (Å²) in [4.78, 5) is 12.5. The van der Waals surface area contributed by atoms with Gasteiger partial charge in [-0.25, -0.2) is 0 Å². The molecule has 0 amide bonds. The van der Waals surface area contributed by atoms with Gasteiger partial charge in [-0.1, -0.05) is 0 Å². The molecule has 0 aromatic heterocycles. The lowest BCUT2D eigenvalue weighted by Crippen LogP contribution is -2.63. The average Bonchev–Trinajstić information content (AvgIpc) is 3.19. The molecule has 20 heavy (non-hydrogen) atoms. The van der Waals surface area contributed by atoms with Gasteiger partial charge in [0.15, 0.2) is 5.75 Å². The normalized spacial score (nSPS) is 20.4. The van der Waals surface area contributed by atoms with E-state index in [1.807, 2.05) is 4.90 Å². The number of nitro benzene ring substituents is 1. The molecule has 6 heteroatoms. The second-order valence-corrected chi connectivity index (χ2v) is 5.58. The number of nitro groups is 1. The zero-order valence-corrected chi connectivity index (χ0v) is 11.4. The molecular weight excluding hydrogens is 260 g/mol. The van der Waals surface area contributed by atoms with Gasteiger partial charge in [-0.15, -0.1) is 0 Å². The number of β-amino-alcohol motifs (C(OH)–C–C–N with tert-alkyl or cyclic N) is 1. The molecule has 6 nitrogen and oxygen atoms in total. The summed E-state index contributed by atoms with van der Waals surface area (Å²) in [5, 5.41) is 21.2. The van der Waals surface area contributed by atoms with Crippen LogP contribution in [0.15, 0.2) is 18.2 Å². The Morgan fingerprint density at radius 1 is 1.50 bits per heavy atom. The number of rotatable bonds is 5. The lowest BCUT2D eigenvalue weighted by molar-refractivity contribution is -0.385. The first-order valence-corrected chi connectivity index (χ1v) is 6.92. The van der Waals surface area contributed by atoms with Crippen LogP contribution in [0.1, 0.15) is 19.8 Å². The Labute approximate surface area is 117 Å². The highest BCUT2D eigenvalue weighted by molar-refractivity contribution is 5.61. The summed E-state index contributed by atoms with van der Waals surface area (Å²) in [6, 6.07) is 4.87. The summed E-state index contributed by atoms with van der Waals surface area (Å²) < 4.78 is 5.34. The molecule has 1 aromatic carbocycles. The van der Waals surface area contributed by atoms with Crippen LogP contribution in [0.3, 0.4) is 0 Å². The predicted octanol–water partition coefficient (Wildman–Crippen LogP) is 1.95. The third-order valence-electron chi connectivity index (χ3n) is 4.07. The minimum atomic E-state index is -0.562. The summed E-state index contributed by atoms with van der Waals surface area (Å²) in [5.41, 5.74) is 0.283. The minimum absolute atomic E-state index is 0.0198. The van der Waals surface area contributed by atoms with Crippen molar-refractivity contribution in [2.24, 2.45) is 5.92 Å². The predicted molar refractivity (Wildman–Crippen MR) is 74.2 cm³/mol. The van der Waals surface area contributed by atoms with Gasteiger partial charge in [0.05, 0.1) is 11.5 Å². The molecule has 3 rings (SSSR count). The van der Waals surface area contributed by atoms with Crippen LogP contribution < -0.4 is 9.64 Å². The van der Waals surface area contributed by atoms with Gasteiger partial charge < -0.3 is 14.7 Å². The molecule has 1 N–H and O–H groups in total. The molecule has 2 aliphatic rings. The Balaban J connectivity index is 1.77.